The van der Waals surface area contributed by atoms with Crippen molar-refractivity contribution in [1.82, 2.24) is 9.55 Å². The number of benzene rings is 6. The average Bonchev–Trinajstić information content (AvgIpc) is 3.70. The van der Waals surface area contributed by atoms with Gasteiger partial charge in [-0.1, -0.05) is 98.8 Å². The van der Waals surface area contributed by atoms with Crippen LogP contribution in [0.2, 0.25) is 0 Å². The van der Waals surface area contributed by atoms with Crippen LogP contribution in [0.25, 0.3) is 82.6 Å². The molecule has 0 atom stereocenters. The molecule has 0 bridgehead atoms. The summed E-state index contributed by atoms with van der Waals surface area (Å²) in [6.07, 6.45) is 1.88. The van der Waals surface area contributed by atoms with Crippen LogP contribution in [0, 0.1) is 0 Å². The van der Waals surface area contributed by atoms with Gasteiger partial charge in [-0.2, -0.15) is 0 Å². The van der Waals surface area contributed by atoms with Crippen molar-refractivity contribution >= 4 is 54.5 Å². The molecule has 0 unspecified atom stereocenters. The monoisotopic (exact) mass is 576 g/mol. The van der Waals surface area contributed by atoms with Gasteiger partial charge in [-0.3, -0.25) is 4.98 Å². The Balaban J connectivity index is 1.28. The van der Waals surface area contributed by atoms with Gasteiger partial charge in [0.15, 0.2) is 5.58 Å². The van der Waals surface area contributed by atoms with E-state index in [0.717, 1.165) is 38.9 Å². The van der Waals surface area contributed by atoms with Gasteiger partial charge >= 0.3 is 0 Å². The van der Waals surface area contributed by atoms with Gasteiger partial charge in [0.2, 0.25) is 0 Å². The van der Waals surface area contributed by atoms with E-state index in [2.05, 4.69) is 146 Å². The van der Waals surface area contributed by atoms with E-state index in [-0.39, 0.29) is 5.41 Å². The fourth-order valence-corrected chi connectivity index (χ4v) is 8.01. The molecule has 0 aliphatic heterocycles. The van der Waals surface area contributed by atoms with Crippen molar-refractivity contribution in [3.05, 3.63) is 145 Å². The summed E-state index contributed by atoms with van der Waals surface area (Å²) < 4.78 is 8.69. The normalized spacial score (nSPS) is 13.7. The van der Waals surface area contributed by atoms with E-state index in [4.69, 9.17) is 9.40 Å². The number of furan rings is 1. The van der Waals surface area contributed by atoms with Gasteiger partial charge in [0, 0.05) is 38.2 Å². The fourth-order valence-electron chi connectivity index (χ4n) is 8.01. The minimum absolute atomic E-state index is 0.134. The van der Waals surface area contributed by atoms with E-state index in [9.17, 15) is 0 Å². The van der Waals surface area contributed by atoms with E-state index < -0.39 is 0 Å². The number of para-hydroxylation sites is 1. The molecule has 45 heavy (non-hydrogen) atoms. The van der Waals surface area contributed by atoms with Crippen LogP contribution in [0.4, 0.5) is 0 Å². The summed E-state index contributed by atoms with van der Waals surface area (Å²) in [7, 11) is 0. The number of hydrogen-bond donors (Lipinski definition) is 0. The smallest absolute Gasteiger partial charge is 0.153 e. The molecule has 6 aromatic carbocycles. The quantitative estimate of drug-likeness (QED) is 0.205. The van der Waals surface area contributed by atoms with Crippen LogP contribution < -0.4 is 0 Å². The zero-order valence-electron chi connectivity index (χ0n) is 25.0. The van der Waals surface area contributed by atoms with Gasteiger partial charge in [-0.05, 0) is 75.5 Å². The van der Waals surface area contributed by atoms with E-state index in [1.165, 1.54) is 54.8 Å². The second kappa shape index (κ2) is 8.71. The molecule has 10 rings (SSSR count). The molecule has 3 heteroatoms. The molecule has 0 N–H and O–H groups in total. The summed E-state index contributed by atoms with van der Waals surface area (Å²) in [6.45, 7) is 4.74. The van der Waals surface area contributed by atoms with Crippen molar-refractivity contribution in [3.8, 4) is 28.1 Å². The largest absolute Gasteiger partial charge is 0.454 e. The first-order valence-corrected chi connectivity index (χ1v) is 15.6. The predicted molar refractivity (Wildman–Crippen MR) is 186 cm³/mol. The molecule has 3 nitrogen and oxygen atoms in total. The van der Waals surface area contributed by atoms with Gasteiger partial charge in [0.25, 0.3) is 0 Å². The van der Waals surface area contributed by atoms with Crippen LogP contribution in [0.15, 0.2) is 138 Å². The minimum Gasteiger partial charge on any atom is -0.454 e. The Morgan fingerprint density at radius 3 is 2.31 bits per heavy atom. The Morgan fingerprint density at radius 2 is 1.40 bits per heavy atom. The van der Waals surface area contributed by atoms with Crippen LogP contribution in [-0.2, 0) is 5.41 Å². The third kappa shape index (κ3) is 3.27. The van der Waals surface area contributed by atoms with Crippen LogP contribution in [0.3, 0.4) is 0 Å². The average molecular weight is 577 g/mol. The number of hydrogen-bond acceptors (Lipinski definition) is 2. The van der Waals surface area contributed by atoms with E-state index >= 15 is 0 Å². The molecule has 0 saturated carbocycles. The summed E-state index contributed by atoms with van der Waals surface area (Å²) >= 11 is 0. The standard InChI is InChI=1S/C42H28N2O/c1-42(2)33-15-9-8-14-29(33)30-18-20-36-40(41(30)42)31-22-26(16-19-35(31)44(36)27-11-4-3-5-12-27)34-23-32-38(24-43-34)45-37-21-17-25-10-6-7-13-28(25)39(32)37/h3-24H,1-2H3. The Hall–Kier alpha value is -5.67. The van der Waals surface area contributed by atoms with Crippen molar-refractivity contribution in [3.63, 3.8) is 0 Å². The van der Waals surface area contributed by atoms with Crippen molar-refractivity contribution in [1.29, 1.82) is 0 Å². The fraction of sp³-hybridized carbons (Fsp3) is 0.0714. The minimum atomic E-state index is -0.134. The molecule has 1 aliphatic carbocycles. The Morgan fingerprint density at radius 1 is 0.600 bits per heavy atom. The predicted octanol–water partition coefficient (Wildman–Crippen LogP) is 11.2. The maximum atomic E-state index is 6.27. The number of nitrogens with zero attached hydrogens (tertiary/aromatic N) is 2. The molecule has 0 amide bonds. The molecule has 9 aromatic rings. The van der Waals surface area contributed by atoms with Gasteiger partial charge < -0.3 is 8.98 Å². The SMILES string of the molecule is CC1(C)c2ccccc2-c2ccc3c(c21)c1cc(-c2cc4c(cn2)oc2ccc5ccccc5c24)ccc1n3-c1ccccc1. The molecule has 0 spiro atoms. The first kappa shape index (κ1) is 24.7. The highest BCUT2D eigenvalue weighted by atomic mass is 16.3. The van der Waals surface area contributed by atoms with E-state index in [1.807, 2.05) is 6.20 Å². The van der Waals surface area contributed by atoms with Crippen molar-refractivity contribution in [2.24, 2.45) is 0 Å². The lowest BCUT2D eigenvalue weighted by molar-refractivity contribution is 0.666. The summed E-state index contributed by atoms with van der Waals surface area (Å²) in [5, 5.41) is 7.20. The molecule has 3 aromatic heterocycles. The topological polar surface area (TPSA) is 31.0 Å². The van der Waals surface area contributed by atoms with Crippen molar-refractivity contribution < 1.29 is 4.42 Å². The van der Waals surface area contributed by atoms with Gasteiger partial charge in [-0.15, -0.1) is 0 Å². The Labute approximate surface area is 260 Å². The summed E-state index contributed by atoms with van der Waals surface area (Å²) in [4.78, 5) is 4.94. The lowest BCUT2D eigenvalue weighted by Gasteiger charge is -2.22. The Bertz CT molecular complexity index is 2670. The zero-order valence-corrected chi connectivity index (χ0v) is 25.0. The highest BCUT2D eigenvalue weighted by Crippen LogP contribution is 2.53. The number of fused-ring (bicyclic) bond motifs is 12. The second-order valence-corrected chi connectivity index (χ2v) is 12.8. The first-order valence-electron chi connectivity index (χ1n) is 15.6. The van der Waals surface area contributed by atoms with Gasteiger partial charge in [0.1, 0.15) is 5.58 Å². The van der Waals surface area contributed by atoms with Crippen LogP contribution in [0.5, 0.6) is 0 Å². The van der Waals surface area contributed by atoms with Crippen LogP contribution in [-0.4, -0.2) is 9.55 Å². The highest BCUT2D eigenvalue weighted by Gasteiger charge is 2.38. The molecule has 1 aliphatic rings. The van der Waals surface area contributed by atoms with Crippen LogP contribution >= 0.6 is 0 Å². The van der Waals surface area contributed by atoms with Crippen LogP contribution in [0.1, 0.15) is 25.0 Å². The second-order valence-electron chi connectivity index (χ2n) is 12.8. The van der Waals surface area contributed by atoms with E-state index in [0.29, 0.717) is 0 Å². The summed E-state index contributed by atoms with van der Waals surface area (Å²) in [5.74, 6) is 0. The third-order valence-corrected chi connectivity index (χ3v) is 10.0. The van der Waals surface area contributed by atoms with Crippen molar-refractivity contribution in [2.45, 2.75) is 19.3 Å². The van der Waals surface area contributed by atoms with Gasteiger partial charge in [-0.25, -0.2) is 0 Å². The maximum Gasteiger partial charge on any atom is 0.153 e. The molecule has 212 valence electrons. The number of rotatable bonds is 2. The summed E-state index contributed by atoms with van der Waals surface area (Å²) in [5.41, 5.74) is 12.6. The lowest BCUT2D eigenvalue weighted by atomic mass is 9.80. The molecular formula is C42H28N2O. The zero-order chi connectivity index (χ0) is 29.9. The highest BCUT2D eigenvalue weighted by molar-refractivity contribution is 6.19. The summed E-state index contributed by atoms with van der Waals surface area (Å²) in [6, 6.07) is 46.0. The number of pyridine rings is 1. The van der Waals surface area contributed by atoms with Gasteiger partial charge in [0.05, 0.1) is 22.9 Å². The molecule has 0 fully saturated rings. The molecule has 0 saturated heterocycles. The van der Waals surface area contributed by atoms with E-state index in [1.54, 1.807) is 0 Å². The number of aromatic nitrogens is 2. The first-order chi connectivity index (χ1) is 22.1. The maximum absolute atomic E-state index is 6.27. The Kier molecular flexibility index (Phi) is 4.79. The third-order valence-electron chi connectivity index (χ3n) is 10.0. The molecular weight excluding hydrogens is 548 g/mol. The lowest BCUT2D eigenvalue weighted by Crippen LogP contribution is -2.15. The van der Waals surface area contributed by atoms with Crippen molar-refractivity contribution in [2.75, 3.05) is 0 Å². The molecule has 3 heterocycles. The molecule has 0 radical (unpaired) electrons.